The molecule has 0 radical (unpaired) electrons. The van der Waals surface area contributed by atoms with Gasteiger partial charge in [-0.2, -0.15) is 0 Å². The fourth-order valence-electron chi connectivity index (χ4n) is 3.02. The SMILES string of the molecule is O=C(c1cccs1)[C@@H]1CCCN(C(=O)NCCCc2ccco2)C1. The lowest BCUT2D eigenvalue weighted by Gasteiger charge is -2.31. The van der Waals surface area contributed by atoms with Gasteiger partial charge in [0, 0.05) is 32.0 Å². The fraction of sp³-hybridized carbons (Fsp3) is 0.444. The van der Waals surface area contributed by atoms with Gasteiger partial charge in [-0.15, -0.1) is 11.3 Å². The third-order valence-electron chi connectivity index (χ3n) is 4.30. The number of nitrogens with one attached hydrogen (secondary N) is 1. The molecule has 6 heteroatoms. The Hall–Kier alpha value is -2.08. The van der Waals surface area contributed by atoms with E-state index < -0.39 is 0 Å². The molecule has 1 aliphatic heterocycles. The number of urea groups is 1. The van der Waals surface area contributed by atoms with Crippen LogP contribution in [0.25, 0.3) is 0 Å². The van der Waals surface area contributed by atoms with Gasteiger partial charge in [0.1, 0.15) is 5.76 Å². The molecule has 2 amide bonds. The number of Topliss-reactive ketones (excluding diaryl/α,β-unsaturated/α-hetero) is 1. The summed E-state index contributed by atoms with van der Waals surface area (Å²) < 4.78 is 5.27. The van der Waals surface area contributed by atoms with E-state index in [1.807, 2.05) is 29.6 Å². The summed E-state index contributed by atoms with van der Waals surface area (Å²) in [5.41, 5.74) is 0. The Morgan fingerprint density at radius 2 is 2.25 bits per heavy atom. The number of likely N-dealkylation sites (tertiary alicyclic amines) is 1. The highest BCUT2D eigenvalue weighted by atomic mass is 32.1. The Kier molecular flexibility index (Phi) is 5.69. The molecule has 1 N–H and O–H groups in total. The van der Waals surface area contributed by atoms with Crippen molar-refractivity contribution < 1.29 is 14.0 Å². The molecule has 2 aromatic rings. The molecular weight excluding hydrogens is 324 g/mol. The zero-order valence-electron chi connectivity index (χ0n) is 13.6. The van der Waals surface area contributed by atoms with Crippen LogP contribution >= 0.6 is 11.3 Å². The Morgan fingerprint density at radius 3 is 3.00 bits per heavy atom. The van der Waals surface area contributed by atoms with Crippen molar-refractivity contribution in [1.82, 2.24) is 10.2 Å². The molecule has 128 valence electrons. The normalized spacial score (nSPS) is 17.7. The van der Waals surface area contributed by atoms with Crippen molar-refractivity contribution in [3.05, 3.63) is 46.5 Å². The molecule has 2 aromatic heterocycles. The number of carbonyl (C=O) groups is 2. The van der Waals surface area contributed by atoms with Crippen LogP contribution in [0.1, 0.15) is 34.7 Å². The summed E-state index contributed by atoms with van der Waals surface area (Å²) in [5, 5.41) is 4.86. The van der Waals surface area contributed by atoms with Crippen molar-refractivity contribution in [1.29, 1.82) is 0 Å². The predicted molar refractivity (Wildman–Crippen MR) is 93.4 cm³/mol. The van der Waals surface area contributed by atoms with Gasteiger partial charge in [0.15, 0.2) is 5.78 Å². The molecule has 1 fully saturated rings. The van der Waals surface area contributed by atoms with E-state index in [1.54, 1.807) is 11.2 Å². The number of nitrogens with zero attached hydrogens (tertiary/aromatic N) is 1. The van der Waals surface area contributed by atoms with Gasteiger partial charge in [0.2, 0.25) is 0 Å². The molecule has 0 bridgehead atoms. The maximum Gasteiger partial charge on any atom is 0.317 e. The van der Waals surface area contributed by atoms with Crippen LogP contribution in [0.5, 0.6) is 0 Å². The number of furan rings is 1. The van der Waals surface area contributed by atoms with Crippen molar-refractivity contribution in [2.75, 3.05) is 19.6 Å². The minimum absolute atomic E-state index is 0.0712. The molecule has 5 nitrogen and oxygen atoms in total. The van der Waals surface area contributed by atoms with E-state index in [2.05, 4.69) is 5.32 Å². The Balaban J connectivity index is 1.43. The lowest BCUT2D eigenvalue weighted by atomic mass is 9.93. The van der Waals surface area contributed by atoms with E-state index in [1.165, 1.54) is 11.3 Å². The molecule has 1 atom stereocenters. The van der Waals surface area contributed by atoms with Gasteiger partial charge >= 0.3 is 6.03 Å². The Morgan fingerprint density at radius 1 is 1.33 bits per heavy atom. The maximum atomic E-state index is 12.5. The summed E-state index contributed by atoms with van der Waals surface area (Å²) in [4.78, 5) is 27.3. The first kappa shape index (κ1) is 16.8. The van der Waals surface area contributed by atoms with E-state index >= 15 is 0 Å². The number of carbonyl (C=O) groups excluding carboxylic acids is 2. The summed E-state index contributed by atoms with van der Waals surface area (Å²) in [5.74, 6) is 1.02. The molecule has 3 rings (SSSR count). The number of piperidine rings is 1. The van der Waals surface area contributed by atoms with Crippen LogP contribution in [-0.2, 0) is 6.42 Å². The average molecular weight is 346 g/mol. The summed E-state index contributed by atoms with van der Waals surface area (Å²) in [6.45, 7) is 1.85. The Labute approximate surface area is 145 Å². The molecule has 1 aliphatic rings. The van der Waals surface area contributed by atoms with Crippen molar-refractivity contribution in [3.63, 3.8) is 0 Å². The topological polar surface area (TPSA) is 62.6 Å². The summed E-state index contributed by atoms with van der Waals surface area (Å²) >= 11 is 1.47. The van der Waals surface area contributed by atoms with E-state index in [4.69, 9.17) is 4.42 Å². The first-order valence-corrected chi connectivity index (χ1v) is 9.25. The standard InChI is InChI=1S/C18H22N2O3S/c21-17(16-8-4-12-24-16)14-5-2-10-20(13-14)18(22)19-9-1-6-15-7-3-11-23-15/h3-4,7-8,11-12,14H,1-2,5-6,9-10,13H2,(H,19,22)/t14-/m1/s1. The monoisotopic (exact) mass is 346 g/mol. The zero-order valence-corrected chi connectivity index (χ0v) is 14.4. The first-order valence-electron chi connectivity index (χ1n) is 8.37. The number of hydrogen-bond donors (Lipinski definition) is 1. The summed E-state index contributed by atoms with van der Waals surface area (Å²) in [6.07, 6.45) is 5.05. The molecule has 0 unspecified atom stereocenters. The second-order valence-corrected chi connectivity index (χ2v) is 6.99. The van der Waals surface area contributed by atoms with Crippen LogP contribution in [0.4, 0.5) is 4.79 Å². The Bertz CT molecular complexity index is 652. The van der Waals surface area contributed by atoms with E-state index in [-0.39, 0.29) is 17.7 Å². The van der Waals surface area contributed by atoms with Gasteiger partial charge in [0.25, 0.3) is 0 Å². The number of aryl methyl sites for hydroxylation is 1. The molecule has 1 saturated heterocycles. The number of thiophene rings is 1. The molecule has 0 spiro atoms. The zero-order chi connectivity index (χ0) is 16.8. The highest BCUT2D eigenvalue weighted by Crippen LogP contribution is 2.23. The van der Waals surface area contributed by atoms with Crippen molar-refractivity contribution in [2.45, 2.75) is 25.7 Å². The van der Waals surface area contributed by atoms with Crippen LogP contribution in [-0.4, -0.2) is 36.3 Å². The molecule has 0 aliphatic carbocycles. The molecular formula is C18H22N2O3S. The van der Waals surface area contributed by atoms with Gasteiger partial charge in [-0.05, 0) is 42.8 Å². The second kappa shape index (κ2) is 8.15. The third-order valence-corrected chi connectivity index (χ3v) is 5.18. The minimum Gasteiger partial charge on any atom is -0.469 e. The van der Waals surface area contributed by atoms with E-state index in [0.29, 0.717) is 13.1 Å². The maximum absolute atomic E-state index is 12.5. The smallest absolute Gasteiger partial charge is 0.317 e. The van der Waals surface area contributed by atoms with Crippen LogP contribution in [0, 0.1) is 5.92 Å². The lowest BCUT2D eigenvalue weighted by molar-refractivity contribution is 0.0850. The number of ketones is 1. The average Bonchev–Trinajstić information content (AvgIpc) is 3.31. The largest absolute Gasteiger partial charge is 0.469 e. The van der Waals surface area contributed by atoms with Crippen LogP contribution in [0.2, 0.25) is 0 Å². The van der Waals surface area contributed by atoms with Crippen molar-refractivity contribution in [2.24, 2.45) is 5.92 Å². The molecule has 3 heterocycles. The van der Waals surface area contributed by atoms with Gasteiger partial charge in [0.05, 0.1) is 11.1 Å². The first-order chi connectivity index (χ1) is 11.7. The van der Waals surface area contributed by atoms with Crippen LogP contribution in [0.3, 0.4) is 0 Å². The molecule has 0 aromatic carbocycles. The highest BCUT2D eigenvalue weighted by molar-refractivity contribution is 7.12. The van der Waals surface area contributed by atoms with Gasteiger partial charge < -0.3 is 14.6 Å². The van der Waals surface area contributed by atoms with Gasteiger partial charge in [-0.1, -0.05) is 6.07 Å². The second-order valence-electron chi connectivity index (χ2n) is 6.04. The summed E-state index contributed by atoms with van der Waals surface area (Å²) in [7, 11) is 0. The van der Waals surface area contributed by atoms with Gasteiger partial charge in [-0.3, -0.25) is 4.79 Å². The number of hydrogen-bond acceptors (Lipinski definition) is 4. The minimum atomic E-state index is -0.0775. The fourth-order valence-corrected chi connectivity index (χ4v) is 3.76. The van der Waals surface area contributed by atoms with E-state index in [0.717, 1.165) is 42.9 Å². The molecule has 24 heavy (non-hydrogen) atoms. The number of rotatable bonds is 6. The quantitative estimate of drug-likeness (QED) is 0.642. The van der Waals surface area contributed by atoms with Gasteiger partial charge in [-0.25, -0.2) is 4.79 Å². The number of amides is 2. The van der Waals surface area contributed by atoms with Crippen LogP contribution in [0.15, 0.2) is 40.3 Å². The van der Waals surface area contributed by atoms with Crippen molar-refractivity contribution >= 4 is 23.2 Å². The third kappa shape index (κ3) is 4.26. The van der Waals surface area contributed by atoms with Crippen molar-refractivity contribution in [3.8, 4) is 0 Å². The molecule has 0 saturated carbocycles. The highest BCUT2D eigenvalue weighted by Gasteiger charge is 2.29. The predicted octanol–water partition coefficient (Wildman–Crippen LogP) is 3.58. The van der Waals surface area contributed by atoms with E-state index in [9.17, 15) is 9.59 Å². The van der Waals surface area contributed by atoms with Crippen LogP contribution < -0.4 is 5.32 Å². The summed E-state index contributed by atoms with van der Waals surface area (Å²) in [6, 6.07) is 7.49. The lowest BCUT2D eigenvalue weighted by Crippen LogP contribution is -2.47.